The van der Waals surface area contributed by atoms with Gasteiger partial charge in [0.25, 0.3) is 0 Å². The normalized spacial score (nSPS) is 29.6. The number of nitrogens with zero attached hydrogens (tertiary/aromatic N) is 3. The molecule has 0 saturated carbocycles. The molecule has 0 aliphatic carbocycles. The van der Waals surface area contributed by atoms with Gasteiger partial charge in [0.15, 0.2) is 0 Å². The number of carbonyl (C=O) groups is 3. The third kappa shape index (κ3) is 4.40. The van der Waals surface area contributed by atoms with Crippen LogP contribution in [0.2, 0.25) is 0 Å². The zero-order chi connectivity index (χ0) is 18.7. The van der Waals surface area contributed by atoms with E-state index in [1.165, 1.54) is 0 Å². The number of carboxylic acid groups (broad SMARTS) is 1. The molecule has 3 saturated heterocycles. The summed E-state index contributed by atoms with van der Waals surface area (Å²) in [7, 11) is 0. The maximum atomic E-state index is 12.6. The van der Waals surface area contributed by atoms with Gasteiger partial charge in [-0.25, -0.2) is 9.59 Å². The minimum Gasteiger partial charge on any atom is -0.481 e. The Morgan fingerprint density at radius 2 is 1.62 bits per heavy atom. The second kappa shape index (κ2) is 8.14. The average molecular weight is 366 g/mol. The van der Waals surface area contributed by atoms with Gasteiger partial charge >= 0.3 is 18.0 Å². The zero-order valence-corrected chi connectivity index (χ0v) is 15.5. The Morgan fingerprint density at radius 1 is 0.923 bits per heavy atom. The Kier molecular flexibility index (Phi) is 5.88. The average Bonchev–Trinajstić information content (AvgIpc) is 3.15. The number of carbonyl (C=O) groups excluding carboxylic acids is 2. The first-order valence-electron chi connectivity index (χ1n) is 9.76. The second-order valence-electron chi connectivity index (χ2n) is 7.99. The highest BCUT2D eigenvalue weighted by molar-refractivity contribution is 5.77. The van der Waals surface area contributed by atoms with Crippen molar-refractivity contribution in [1.29, 1.82) is 0 Å². The van der Waals surface area contributed by atoms with Crippen molar-refractivity contribution in [3.63, 3.8) is 0 Å². The molecule has 8 heteroatoms. The number of likely N-dealkylation sites (tertiary alicyclic amines) is 3. The van der Waals surface area contributed by atoms with Gasteiger partial charge in [0, 0.05) is 45.3 Å². The summed E-state index contributed by atoms with van der Waals surface area (Å²) >= 11 is 0. The van der Waals surface area contributed by atoms with E-state index in [-0.39, 0.29) is 30.6 Å². The summed E-state index contributed by atoms with van der Waals surface area (Å²) in [6, 6.07) is -0.189. The summed E-state index contributed by atoms with van der Waals surface area (Å²) in [6.45, 7) is 5.75. The fourth-order valence-electron chi connectivity index (χ4n) is 4.34. The number of hydrogen-bond donors (Lipinski definition) is 2. The molecule has 8 nitrogen and oxygen atoms in total. The zero-order valence-electron chi connectivity index (χ0n) is 15.5. The van der Waals surface area contributed by atoms with Crippen molar-refractivity contribution in [2.75, 3.05) is 39.3 Å². The molecule has 3 aliphatic rings. The first-order valence-corrected chi connectivity index (χ1v) is 9.76. The van der Waals surface area contributed by atoms with Gasteiger partial charge in [0.05, 0.1) is 5.92 Å². The van der Waals surface area contributed by atoms with Crippen molar-refractivity contribution in [3.05, 3.63) is 0 Å². The van der Waals surface area contributed by atoms with Crippen LogP contribution in [0.3, 0.4) is 0 Å². The van der Waals surface area contributed by atoms with E-state index in [2.05, 4.69) is 5.32 Å². The summed E-state index contributed by atoms with van der Waals surface area (Å²) in [5.41, 5.74) is 0. The molecule has 0 aromatic rings. The van der Waals surface area contributed by atoms with Gasteiger partial charge in [-0.15, -0.1) is 0 Å². The van der Waals surface area contributed by atoms with Crippen LogP contribution in [-0.4, -0.2) is 83.1 Å². The van der Waals surface area contributed by atoms with E-state index in [0.717, 1.165) is 45.3 Å². The number of amides is 4. The van der Waals surface area contributed by atoms with Gasteiger partial charge in [-0.05, 0) is 38.0 Å². The smallest absolute Gasteiger partial charge is 0.320 e. The number of nitrogens with one attached hydrogen (secondary N) is 1. The predicted molar refractivity (Wildman–Crippen MR) is 95.8 cm³/mol. The van der Waals surface area contributed by atoms with E-state index in [1.54, 1.807) is 4.90 Å². The largest absolute Gasteiger partial charge is 0.481 e. The SMILES string of the molecule is CC1CC(C(=O)O)CN(C(=O)NC2CCCN(C(=O)N3CCCC3)C2)C1. The summed E-state index contributed by atoms with van der Waals surface area (Å²) < 4.78 is 0. The topological polar surface area (TPSA) is 93.2 Å². The highest BCUT2D eigenvalue weighted by atomic mass is 16.4. The van der Waals surface area contributed by atoms with E-state index in [9.17, 15) is 19.5 Å². The Bertz CT molecular complexity index is 549. The molecule has 26 heavy (non-hydrogen) atoms. The number of hydrogen-bond acceptors (Lipinski definition) is 3. The Labute approximate surface area is 154 Å². The lowest BCUT2D eigenvalue weighted by molar-refractivity contribution is -0.143. The molecule has 0 aromatic carbocycles. The molecule has 3 heterocycles. The van der Waals surface area contributed by atoms with Crippen molar-refractivity contribution < 1.29 is 19.5 Å². The molecule has 0 bridgehead atoms. The molecule has 2 N–H and O–H groups in total. The van der Waals surface area contributed by atoms with E-state index >= 15 is 0 Å². The highest BCUT2D eigenvalue weighted by Gasteiger charge is 2.34. The minimum atomic E-state index is -0.839. The molecule has 3 unspecified atom stereocenters. The molecule has 0 radical (unpaired) electrons. The van der Waals surface area contributed by atoms with Crippen LogP contribution in [0.1, 0.15) is 39.0 Å². The van der Waals surface area contributed by atoms with Crippen LogP contribution in [0.4, 0.5) is 9.59 Å². The summed E-state index contributed by atoms with van der Waals surface area (Å²) in [5, 5.41) is 12.3. The number of rotatable bonds is 2. The Balaban J connectivity index is 1.53. The third-order valence-corrected chi connectivity index (χ3v) is 5.69. The maximum Gasteiger partial charge on any atom is 0.320 e. The standard InChI is InChI=1S/C18H30N4O4/c1-13-9-14(16(23)24)11-22(10-13)17(25)19-15-5-4-8-21(12-15)18(26)20-6-2-3-7-20/h13-15H,2-12H2,1H3,(H,19,25)(H,23,24). The van der Waals surface area contributed by atoms with Crippen LogP contribution < -0.4 is 5.32 Å². The number of carboxylic acids is 1. The summed E-state index contributed by atoms with van der Waals surface area (Å²) in [4.78, 5) is 41.8. The summed E-state index contributed by atoms with van der Waals surface area (Å²) in [5.74, 6) is -1.16. The Morgan fingerprint density at radius 3 is 2.31 bits per heavy atom. The van der Waals surface area contributed by atoms with Gasteiger partial charge in [-0.2, -0.15) is 0 Å². The van der Waals surface area contributed by atoms with E-state index in [1.807, 2.05) is 16.7 Å². The monoisotopic (exact) mass is 366 g/mol. The lowest BCUT2D eigenvalue weighted by atomic mass is 9.91. The Hall–Kier alpha value is -1.99. The molecule has 3 rings (SSSR count). The molecule has 146 valence electrons. The second-order valence-corrected chi connectivity index (χ2v) is 7.99. The van der Waals surface area contributed by atoms with Gasteiger partial charge in [0.2, 0.25) is 0 Å². The third-order valence-electron chi connectivity index (χ3n) is 5.69. The van der Waals surface area contributed by atoms with Gasteiger partial charge in [0.1, 0.15) is 0 Å². The molecule has 4 amide bonds. The molecule has 0 aromatic heterocycles. The molecule has 3 fully saturated rings. The van der Waals surface area contributed by atoms with Gasteiger partial charge < -0.3 is 25.1 Å². The highest BCUT2D eigenvalue weighted by Crippen LogP contribution is 2.22. The van der Waals surface area contributed by atoms with Crippen molar-refractivity contribution in [1.82, 2.24) is 20.0 Å². The van der Waals surface area contributed by atoms with Crippen molar-refractivity contribution in [2.24, 2.45) is 11.8 Å². The van der Waals surface area contributed by atoms with Crippen molar-refractivity contribution >= 4 is 18.0 Å². The van der Waals surface area contributed by atoms with E-state index in [4.69, 9.17) is 0 Å². The maximum absolute atomic E-state index is 12.6. The minimum absolute atomic E-state index is 0.0664. The van der Waals surface area contributed by atoms with Crippen LogP contribution >= 0.6 is 0 Å². The van der Waals surface area contributed by atoms with Gasteiger partial charge in [-0.3, -0.25) is 4.79 Å². The first kappa shape index (κ1) is 18.8. The fraction of sp³-hybridized carbons (Fsp3) is 0.833. The van der Waals surface area contributed by atoms with Crippen molar-refractivity contribution in [3.8, 4) is 0 Å². The fourth-order valence-corrected chi connectivity index (χ4v) is 4.34. The number of piperidine rings is 2. The number of urea groups is 2. The molecular weight excluding hydrogens is 336 g/mol. The summed E-state index contributed by atoms with van der Waals surface area (Å²) in [6.07, 6.45) is 4.47. The van der Waals surface area contributed by atoms with Crippen LogP contribution in [-0.2, 0) is 4.79 Å². The van der Waals surface area contributed by atoms with Crippen LogP contribution in [0, 0.1) is 11.8 Å². The quantitative estimate of drug-likeness (QED) is 0.773. The van der Waals surface area contributed by atoms with Crippen LogP contribution in [0.25, 0.3) is 0 Å². The molecule has 3 aliphatic heterocycles. The molecular formula is C18H30N4O4. The van der Waals surface area contributed by atoms with Crippen LogP contribution in [0.5, 0.6) is 0 Å². The van der Waals surface area contributed by atoms with Crippen molar-refractivity contribution in [2.45, 2.75) is 45.1 Å². The molecule has 3 atom stereocenters. The van der Waals surface area contributed by atoms with Gasteiger partial charge in [-0.1, -0.05) is 6.92 Å². The lowest BCUT2D eigenvalue weighted by Crippen LogP contribution is -2.56. The molecule has 0 spiro atoms. The number of aliphatic carboxylic acids is 1. The van der Waals surface area contributed by atoms with E-state index in [0.29, 0.717) is 19.5 Å². The lowest BCUT2D eigenvalue weighted by Gasteiger charge is -2.38. The van der Waals surface area contributed by atoms with Crippen LogP contribution in [0.15, 0.2) is 0 Å². The predicted octanol–water partition coefficient (Wildman–Crippen LogP) is 1.42. The van der Waals surface area contributed by atoms with E-state index < -0.39 is 11.9 Å². The first-order chi connectivity index (χ1) is 12.4.